The van der Waals surface area contributed by atoms with Crippen LogP contribution in [0.3, 0.4) is 0 Å². The lowest BCUT2D eigenvalue weighted by Gasteiger charge is -2.46. The Labute approximate surface area is 126 Å². The van der Waals surface area contributed by atoms with Gasteiger partial charge in [-0.1, -0.05) is 12.8 Å². The zero-order chi connectivity index (χ0) is 15.0. The lowest BCUT2D eigenvalue weighted by molar-refractivity contribution is -0.145. The molecule has 2 aliphatic heterocycles. The second-order valence-electron chi connectivity index (χ2n) is 6.65. The van der Waals surface area contributed by atoms with Crippen molar-refractivity contribution in [2.75, 3.05) is 20.6 Å². The molecule has 5 heteroatoms. The van der Waals surface area contributed by atoms with Gasteiger partial charge in [-0.25, -0.2) is 0 Å². The summed E-state index contributed by atoms with van der Waals surface area (Å²) in [6.07, 6.45) is 9.19. The molecule has 3 aliphatic rings. The maximum Gasteiger partial charge on any atom is 0.248 e. The molecule has 0 aromatic rings. The van der Waals surface area contributed by atoms with Crippen LogP contribution in [0.25, 0.3) is 0 Å². The fourth-order valence-corrected chi connectivity index (χ4v) is 4.40. The van der Waals surface area contributed by atoms with E-state index >= 15 is 0 Å². The minimum Gasteiger partial charge on any atom is -0.394 e. The van der Waals surface area contributed by atoms with Crippen LogP contribution in [0.5, 0.6) is 0 Å². The molecule has 2 saturated heterocycles. The van der Waals surface area contributed by atoms with Gasteiger partial charge in [0.05, 0.1) is 0 Å². The Bertz CT molecular complexity index is 481. The number of hydrogen-bond donors (Lipinski definition) is 2. The summed E-state index contributed by atoms with van der Waals surface area (Å²) in [7, 11) is 3.76. The van der Waals surface area contributed by atoms with E-state index in [0.29, 0.717) is 18.3 Å². The van der Waals surface area contributed by atoms with Gasteiger partial charge in [0.2, 0.25) is 5.91 Å². The molecule has 116 valence electrons. The zero-order valence-electron chi connectivity index (χ0n) is 13.1. The topological polar surface area (TPSA) is 59.4 Å². The highest BCUT2D eigenvalue weighted by Crippen LogP contribution is 2.45. The minimum absolute atomic E-state index is 0.213. The zero-order valence-corrected chi connectivity index (χ0v) is 13.1. The number of nitrogens with zero attached hydrogens (tertiary/aromatic N) is 2. The molecule has 5 nitrogen and oxygen atoms in total. The van der Waals surface area contributed by atoms with Gasteiger partial charge in [-0.3, -0.25) is 10.2 Å². The summed E-state index contributed by atoms with van der Waals surface area (Å²) in [5, 5.41) is 11.6. The van der Waals surface area contributed by atoms with Gasteiger partial charge in [-0.05, 0) is 25.7 Å². The van der Waals surface area contributed by atoms with Gasteiger partial charge in [0.1, 0.15) is 11.4 Å². The normalized spacial score (nSPS) is 32.8. The molecule has 3 rings (SSSR count). The fraction of sp³-hybridized carbons (Fsp3) is 0.750. The lowest BCUT2D eigenvalue weighted by Crippen LogP contribution is -2.61. The van der Waals surface area contributed by atoms with Crippen LogP contribution in [0.2, 0.25) is 0 Å². The maximum atomic E-state index is 13.0. The second-order valence-corrected chi connectivity index (χ2v) is 6.65. The van der Waals surface area contributed by atoms with Crippen molar-refractivity contribution in [3.8, 4) is 0 Å². The van der Waals surface area contributed by atoms with Crippen LogP contribution in [0.1, 0.15) is 44.9 Å². The monoisotopic (exact) mass is 290 g/mol. The van der Waals surface area contributed by atoms with Crippen LogP contribution in [-0.4, -0.2) is 53.8 Å². The molecule has 2 heterocycles. The third-order valence-electron chi connectivity index (χ3n) is 5.33. The predicted octanol–water partition coefficient (Wildman–Crippen LogP) is 1.71. The van der Waals surface area contributed by atoms with E-state index in [0.717, 1.165) is 37.8 Å². The second kappa shape index (κ2) is 5.35. The number of nitrogens with one attached hydrogen (secondary N) is 2. The first-order chi connectivity index (χ1) is 10.1. The molecule has 1 unspecified atom stereocenters. The first-order valence-corrected chi connectivity index (χ1v) is 8.10. The summed E-state index contributed by atoms with van der Waals surface area (Å²) in [6.45, 7) is 0.845. The van der Waals surface area contributed by atoms with Crippen molar-refractivity contribution in [2.24, 2.45) is 0 Å². The Kier molecular flexibility index (Phi) is 3.68. The van der Waals surface area contributed by atoms with Crippen molar-refractivity contribution < 1.29 is 4.79 Å². The molecule has 3 fully saturated rings. The number of rotatable bonds is 2. The van der Waals surface area contributed by atoms with Gasteiger partial charge in [-0.2, -0.15) is 0 Å². The van der Waals surface area contributed by atoms with Crippen molar-refractivity contribution in [3.63, 3.8) is 0 Å². The lowest BCUT2D eigenvalue weighted by atomic mass is 9.84. The number of likely N-dealkylation sites (N-methyl/N-ethyl adjacent to an activating group) is 1. The Balaban J connectivity index is 2.00. The van der Waals surface area contributed by atoms with Gasteiger partial charge in [0.25, 0.3) is 0 Å². The number of likely N-dealkylation sites (tertiary alicyclic amines) is 2. The van der Waals surface area contributed by atoms with Gasteiger partial charge in [-0.15, -0.1) is 0 Å². The van der Waals surface area contributed by atoms with Crippen molar-refractivity contribution in [1.29, 1.82) is 5.41 Å². The highest BCUT2D eigenvalue weighted by atomic mass is 16.2. The molecule has 0 aromatic heterocycles. The average molecular weight is 290 g/mol. The van der Waals surface area contributed by atoms with E-state index in [2.05, 4.69) is 10.2 Å². The van der Waals surface area contributed by atoms with Crippen LogP contribution in [0, 0.1) is 5.41 Å². The van der Waals surface area contributed by atoms with Crippen molar-refractivity contribution >= 4 is 11.7 Å². The standard InChI is InChI=1S/C16H26N4O/c1-18-11-12-10-16(8-5-9-19(2)15(16)21)20(14(12)17)13-6-3-4-7-13/h11,13,17-18H,3-10H2,1-2H3/b12-11-,17-14?. The Morgan fingerprint density at radius 2 is 2.05 bits per heavy atom. The summed E-state index contributed by atoms with van der Waals surface area (Å²) >= 11 is 0. The largest absolute Gasteiger partial charge is 0.394 e. The van der Waals surface area contributed by atoms with Gasteiger partial charge in [0, 0.05) is 44.9 Å². The highest BCUT2D eigenvalue weighted by molar-refractivity contribution is 6.05. The molecular formula is C16H26N4O. The Morgan fingerprint density at radius 1 is 1.33 bits per heavy atom. The number of amidine groups is 1. The molecule has 1 saturated carbocycles. The predicted molar refractivity (Wildman–Crippen MR) is 83.2 cm³/mol. The molecule has 1 aliphatic carbocycles. The van der Waals surface area contributed by atoms with E-state index in [1.807, 2.05) is 25.2 Å². The molecule has 1 atom stereocenters. The van der Waals surface area contributed by atoms with Crippen LogP contribution >= 0.6 is 0 Å². The molecule has 0 aromatic carbocycles. The van der Waals surface area contributed by atoms with E-state index in [9.17, 15) is 4.79 Å². The smallest absolute Gasteiger partial charge is 0.248 e. The number of carbonyl (C=O) groups is 1. The van der Waals surface area contributed by atoms with E-state index < -0.39 is 5.54 Å². The van der Waals surface area contributed by atoms with Gasteiger partial charge >= 0.3 is 0 Å². The highest BCUT2D eigenvalue weighted by Gasteiger charge is 2.56. The van der Waals surface area contributed by atoms with E-state index in [4.69, 9.17) is 5.41 Å². The third kappa shape index (κ3) is 2.14. The number of carbonyl (C=O) groups excluding carboxylic acids is 1. The number of amides is 1. The van der Waals surface area contributed by atoms with Crippen LogP contribution in [0.15, 0.2) is 11.8 Å². The van der Waals surface area contributed by atoms with E-state index in [-0.39, 0.29) is 5.91 Å². The molecular weight excluding hydrogens is 264 g/mol. The summed E-state index contributed by atoms with van der Waals surface area (Å²) < 4.78 is 0. The summed E-state index contributed by atoms with van der Waals surface area (Å²) in [5.41, 5.74) is 0.495. The molecule has 0 radical (unpaired) electrons. The maximum absolute atomic E-state index is 13.0. The van der Waals surface area contributed by atoms with Crippen LogP contribution < -0.4 is 5.32 Å². The van der Waals surface area contributed by atoms with Crippen LogP contribution in [-0.2, 0) is 4.79 Å². The average Bonchev–Trinajstić information content (AvgIpc) is 3.05. The first-order valence-electron chi connectivity index (χ1n) is 8.10. The van der Waals surface area contributed by atoms with E-state index in [1.54, 1.807) is 0 Å². The molecule has 21 heavy (non-hydrogen) atoms. The van der Waals surface area contributed by atoms with E-state index in [1.165, 1.54) is 12.8 Å². The number of piperidine rings is 1. The van der Waals surface area contributed by atoms with Crippen molar-refractivity contribution in [3.05, 3.63) is 11.8 Å². The first kappa shape index (κ1) is 14.4. The SMILES string of the molecule is CN/C=C1/CC2(CCCN(C)C2=O)N(C2CCCC2)C1=N. The summed E-state index contributed by atoms with van der Waals surface area (Å²) in [6, 6.07) is 0.371. The summed E-state index contributed by atoms with van der Waals surface area (Å²) in [5.74, 6) is 0.782. The van der Waals surface area contributed by atoms with Crippen molar-refractivity contribution in [2.45, 2.75) is 56.5 Å². The summed E-state index contributed by atoms with van der Waals surface area (Å²) in [4.78, 5) is 17.0. The minimum atomic E-state index is -0.484. The van der Waals surface area contributed by atoms with Crippen molar-refractivity contribution in [1.82, 2.24) is 15.1 Å². The Morgan fingerprint density at radius 3 is 2.71 bits per heavy atom. The Hall–Kier alpha value is -1.52. The quantitative estimate of drug-likeness (QED) is 0.814. The van der Waals surface area contributed by atoms with Crippen LogP contribution in [0.4, 0.5) is 0 Å². The molecule has 2 N–H and O–H groups in total. The van der Waals surface area contributed by atoms with Gasteiger partial charge < -0.3 is 15.1 Å². The van der Waals surface area contributed by atoms with Gasteiger partial charge in [0.15, 0.2) is 0 Å². The molecule has 1 spiro atoms. The number of hydrogen-bond acceptors (Lipinski definition) is 3. The molecule has 1 amide bonds. The molecule has 0 bridgehead atoms. The fourth-order valence-electron chi connectivity index (χ4n) is 4.40. The third-order valence-corrected chi connectivity index (χ3v) is 5.33.